The van der Waals surface area contributed by atoms with Crippen molar-refractivity contribution in [3.8, 4) is 0 Å². The highest BCUT2D eigenvalue weighted by atomic mass is 16.5. The number of rotatable bonds is 4. The lowest BCUT2D eigenvalue weighted by Crippen LogP contribution is -2.73. The second kappa shape index (κ2) is 5.41. The normalized spacial score (nSPS) is 27.4. The quantitative estimate of drug-likeness (QED) is 0.778. The average molecular weight is 268 g/mol. The molecule has 19 heavy (non-hydrogen) atoms. The Morgan fingerprint density at radius 2 is 1.89 bits per heavy atom. The molecule has 1 amide bonds. The van der Waals surface area contributed by atoms with Crippen LogP contribution in [0.4, 0.5) is 0 Å². The van der Waals surface area contributed by atoms with Gasteiger partial charge in [0.1, 0.15) is 11.7 Å². The van der Waals surface area contributed by atoms with Gasteiger partial charge in [-0.3, -0.25) is 9.69 Å². The maximum absolute atomic E-state index is 12.1. The first kappa shape index (κ1) is 14.8. The minimum atomic E-state index is -0.289. The van der Waals surface area contributed by atoms with Crippen molar-refractivity contribution in [1.82, 2.24) is 9.80 Å². The third kappa shape index (κ3) is 3.11. The van der Waals surface area contributed by atoms with E-state index in [4.69, 9.17) is 4.74 Å². The van der Waals surface area contributed by atoms with Crippen molar-refractivity contribution in [2.45, 2.75) is 58.8 Å². The molecule has 1 spiro atoms. The highest BCUT2D eigenvalue weighted by molar-refractivity contribution is 5.81. The number of carbonyl (C=O) groups excluding carboxylic acids is 1. The summed E-state index contributed by atoms with van der Waals surface area (Å²) in [7, 11) is 0. The highest BCUT2D eigenvalue weighted by Gasteiger charge is 2.51. The molecular formula is C15H28N2O2. The smallest absolute Gasteiger partial charge is 0.251 e. The van der Waals surface area contributed by atoms with Crippen LogP contribution in [-0.2, 0) is 9.53 Å². The Bertz CT molecular complexity index is 335. The predicted octanol–water partition coefficient (Wildman–Crippen LogP) is 1.74. The Morgan fingerprint density at radius 1 is 1.26 bits per heavy atom. The number of morpholine rings is 1. The average Bonchev–Trinajstić information content (AvgIpc) is 2.27. The number of nitrogens with zero attached hydrogens (tertiary/aromatic N) is 2. The van der Waals surface area contributed by atoms with E-state index >= 15 is 0 Å². The molecule has 4 nitrogen and oxygen atoms in total. The van der Waals surface area contributed by atoms with Crippen molar-refractivity contribution in [3.63, 3.8) is 0 Å². The van der Waals surface area contributed by atoms with Crippen LogP contribution in [0, 0.1) is 5.92 Å². The second-order valence-corrected chi connectivity index (χ2v) is 6.90. The molecule has 0 saturated carbocycles. The van der Waals surface area contributed by atoms with Crippen molar-refractivity contribution in [1.29, 1.82) is 0 Å². The number of likely N-dealkylation sites (tertiary alicyclic amines) is 1. The van der Waals surface area contributed by atoms with Crippen molar-refractivity contribution < 1.29 is 9.53 Å². The summed E-state index contributed by atoms with van der Waals surface area (Å²) in [5.41, 5.74) is -0.103. The van der Waals surface area contributed by atoms with E-state index in [0.29, 0.717) is 0 Å². The van der Waals surface area contributed by atoms with Gasteiger partial charge in [0.05, 0.1) is 6.54 Å². The summed E-state index contributed by atoms with van der Waals surface area (Å²) in [6, 6.07) is 0.264. The molecule has 4 heteroatoms. The van der Waals surface area contributed by atoms with Crippen LogP contribution < -0.4 is 0 Å². The van der Waals surface area contributed by atoms with Crippen LogP contribution in [0.3, 0.4) is 0 Å². The first-order valence-electron chi connectivity index (χ1n) is 7.54. The molecule has 2 aliphatic heterocycles. The number of hydrogen-bond acceptors (Lipinski definition) is 3. The van der Waals surface area contributed by atoms with Gasteiger partial charge in [-0.2, -0.15) is 0 Å². The summed E-state index contributed by atoms with van der Waals surface area (Å²) >= 11 is 0. The highest BCUT2D eigenvalue weighted by Crippen LogP contribution is 2.33. The van der Waals surface area contributed by atoms with E-state index in [9.17, 15) is 4.79 Å². The summed E-state index contributed by atoms with van der Waals surface area (Å²) in [4.78, 5) is 16.5. The summed E-state index contributed by atoms with van der Waals surface area (Å²) in [5.74, 6) is 0.887. The molecule has 0 unspecified atom stereocenters. The molecule has 0 N–H and O–H groups in total. The van der Waals surface area contributed by atoms with Gasteiger partial charge in [0.25, 0.3) is 5.91 Å². The molecule has 110 valence electrons. The number of carbonyl (C=O) groups is 1. The van der Waals surface area contributed by atoms with E-state index in [-0.39, 0.29) is 23.7 Å². The minimum Gasteiger partial charge on any atom is -0.358 e. The van der Waals surface area contributed by atoms with Gasteiger partial charge < -0.3 is 9.64 Å². The molecule has 0 aliphatic carbocycles. The molecule has 1 atom stereocenters. The fourth-order valence-corrected chi connectivity index (χ4v) is 3.06. The lowest BCUT2D eigenvalue weighted by Gasteiger charge is -2.56. The fraction of sp³-hybridized carbons (Fsp3) is 0.933. The maximum atomic E-state index is 12.1. The zero-order chi connectivity index (χ0) is 14.2. The minimum absolute atomic E-state index is 0.103. The van der Waals surface area contributed by atoms with Crippen molar-refractivity contribution in [3.05, 3.63) is 0 Å². The van der Waals surface area contributed by atoms with Gasteiger partial charge in [0, 0.05) is 19.1 Å². The van der Waals surface area contributed by atoms with Crippen molar-refractivity contribution in [2.24, 2.45) is 5.92 Å². The summed E-state index contributed by atoms with van der Waals surface area (Å²) < 4.78 is 6.01. The lowest BCUT2D eigenvalue weighted by atomic mass is 9.89. The summed E-state index contributed by atoms with van der Waals surface area (Å²) in [6.45, 7) is 14.4. The van der Waals surface area contributed by atoms with Gasteiger partial charge in [-0.25, -0.2) is 0 Å². The zero-order valence-corrected chi connectivity index (χ0v) is 13.0. The third-order valence-corrected chi connectivity index (χ3v) is 4.19. The Morgan fingerprint density at radius 3 is 2.42 bits per heavy atom. The number of hydrogen-bond donors (Lipinski definition) is 0. The fourth-order valence-electron chi connectivity index (χ4n) is 3.06. The van der Waals surface area contributed by atoms with E-state index < -0.39 is 0 Å². The molecule has 2 aliphatic rings. The Hall–Kier alpha value is -0.610. The summed E-state index contributed by atoms with van der Waals surface area (Å²) in [6.07, 6.45) is 0.946. The molecule has 0 aromatic rings. The SMILES string of the molecule is CC(C)CCN1CC2(C1)CN(C(C)C)C(=O)[C@H](C)O2. The molecule has 0 aromatic heterocycles. The van der Waals surface area contributed by atoms with E-state index in [1.807, 2.05) is 11.8 Å². The molecule has 2 heterocycles. The van der Waals surface area contributed by atoms with E-state index in [1.54, 1.807) is 0 Å². The first-order chi connectivity index (χ1) is 8.83. The monoisotopic (exact) mass is 268 g/mol. The van der Waals surface area contributed by atoms with E-state index in [0.717, 1.165) is 32.1 Å². The standard InChI is InChI=1S/C15H28N2O2/c1-11(2)6-7-16-8-15(9-16)10-17(12(3)4)14(18)13(5)19-15/h11-13H,6-10H2,1-5H3/t13-/m0/s1. The van der Waals surface area contributed by atoms with Crippen molar-refractivity contribution >= 4 is 5.91 Å². The lowest BCUT2D eigenvalue weighted by molar-refractivity contribution is -0.217. The van der Waals surface area contributed by atoms with Crippen LogP contribution in [-0.4, -0.2) is 59.6 Å². The van der Waals surface area contributed by atoms with Gasteiger partial charge in [-0.15, -0.1) is 0 Å². The molecule has 0 aromatic carbocycles. The first-order valence-corrected chi connectivity index (χ1v) is 7.54. The van der Waals surface area contributed by atoms with E-state index in [1.165, 1.54) is 6.42 Å². The third-order valence-electron chi connectivity index (χ3n) is 4.19. The molecule has 2 saturated heterocycles. The van der Waals surface area contributed by atoms with Crippen LogP contribution in [0.2, 0.25) is 0 Å². The Kier molecular flexibility index (Phi) is 4.21. The largest absolute Gasteiger partial charge is 0.358 e. The molecule has 0 bridgehead atoms. The van der Waals surface area contributed by atoms with Gasteiger partial charge in [0.2, 0.25) is 0 Å². The van der Waals surface area contributed by atoms with Gasteiger partial charge in [0.15, 0.2) is 0 Å². The number of amides is 1. The summed E-state index contributed by atoms with van der Waals surface area (Å²) in [5, 5.41) is 0. The van der Waals surface area contributed by atoms with E-state index in [2.05, 4.69) is 32.6 Å². The second-order valence-electron chi connectivity index (χ2n) is 6.90. The van der Waals surface area contributed by atoms with Gasteiger partial charge in [-0.05, 0) is 39.7 Å². The van der Waals surface area contributed by atoms with Crippen LogP contribution in [0.5, 0.6) is 0 Å². The van der Waals surface area contributed by atoms with Crippen LogP contribution in [0.15, 0.2) is 0 Å². The Labute approximate surface area is 117 Å². The predicted molar refractivity (Wildman–Crippen MR) is 76.0 cm³/mol. The molecule has 0 radical (unpaired) electrons. The van der Waals surface area contributed by atoms with Crippen LogP contribution in [0.25, 0.3) is 0 Å². The molecule has 2 rings (SSSR count). The van der Waals surface area contributed by atoms with Gasteiger partial charge >= 0.3 is 0 Å². The van der Waals surface area contributed by atoms with Crippen LogP contribution >= 0.6 is 0 Å². The van der Waals surface area contributed by atoms with Gasteiger partial charge in [-0.1, -0.05) is 13.8 Å². The molecule has 2 fully saturated rings. The maximum Gasteiger partial charge on any atom is 0.251 e. The number of ether oxygens (including phenoxy) is 1. The Balaban J connectivity index is 1.90. The van der Waals surface area contributed by atoms with Crippen LogP contribution in [0.1, 0.15) is 41.0 Å². The molecular weight excluding hydrogens is 240 g/mol. The van der Waals surface area contributed by atoms with Crippen molar-refractivity contribution in [2.75, 3.05) is 26.2 Å². The topological polar surface area (TPSA) is 32.8 Å². The zero-order valence-electron chi connectivity index (χ0n) is 13.0.